The van der Waals surface area contributed by atoms with E-state index in [9.17, 15) is 43.2 Å². The number of hydrogen-bond acceptors (Lipinski definition) is 4. The first kappa shape index (κ1) is 23.0. The summed E-state index contributed by atoms with van der Waals surface area (Å²) >= 11 is 0. The number of alkyl halides is 6. The Hall–Kier alpha value is -2.32. The van der Waals surface area contributed by atoms with Gasteiger partial charge >= 0.3 is 12.4 Å². The molecule has 0 amide bonds. The molecule has 160 valence electrons. The molecule has 0 aliphatic rings. The van der Waals surface area contributed by atoms with Crippen LogP contribution in [0.4, 0.5) is 32.0 Å². The minimum atomic E-state index is -4.77. The normalized spacial score (nSPS) is 13.3. The van der Waals surface area contributed by atoms with Crippen molar-refractivity contribution in [1.82, 2.24) is 4.72 Å². The lowest BCUT2D eigenvalue weighted by atomic mass is 10.2. The maximum absolute atomic E-state index is 12.7. The van der Waals surface area contributed by atoms with Gasteiger partial charge < -0.3 is 0 Å². The van der Waals surface area contributed by atoms with Gasteiger partial charge in [-0.3, -0.25) is 4.72 Å². The Morgan fingerprint density at radius 1 is 0.759 bits per heavy atom. The smallest absolute Gasteiger partial charge is 0.280 e. The van der Waals surface area contributed by atoms with Crippen LogP contribution in [0.1, 0.15) is 5.56 Å². The summed E-state index contributed by atoms with van der Waals surface area (Å²) in [4.78, 5) is -1.25. The Morgan fingerprint density at radius 3 is 1.86 bits per heavy atom. The Balaban J connectivity index is 2.21. The van der Waals surface area contributed by atoms with Crippen molar-refractivity contribution >= 4 is 25.7 Å². The Morgan fingerprint density at radius 2 is 1.34 bits per heavy atom. The van der Waals surface area contributed by atoms with Crippen LogP contribution in [0.2, 0.25) is 0 Å². The van der Waals surface area contributed by atoms with Crippen molar-refractivity contribution in [2.45, 2.75) is 22.1 Å². The number of halogens is 6. The lowest BCUT2D eigenvalue weighted by Gasteiger charge is -2.12. The van der Waals surface area contributed by atoms with Gasteiger partial charge in [-0.1, -0.05) is 6.07 Å². The van der Waals surface area contributed by atoms with Crippen molar-refractivity contribution < 1.29 is 43.2 Å². The van der Waals surface area contributed by atoms with Crippen molar-refractivity contribution in [2.24, 2.45) is 0 Å². The predicted molar refractivity (Wildman–Crippen MR) is 89.9 cm³/mol. The van der Waals surface area contributed by atoms with Gasteiger partial charge in [0.1, 0.15) is 6.54 Å². The maximum Gasteiger partial charge on any atom is 0.416 e. The van der Waals surface area contributed by atoms with E-state index < -0.39 is 54.3 Å². The zero-order valence-corrected chi connectivity index (χ0v) is 15.7. The maximum atomic E-state index is 12.7. The van der Waals surface area contributed by atoms with Crippen LogP contribution in [-0.4, -0.2) is 29.6 Å². The molecule has 0 aliphatic heterocycles. The number of rotatable bonds is 6. The average Bonchev–Trinajstić information content (AvgIpc) is 2.59. The molecule has 0 heterocycles. The first-order valence-electron chi connectivity index (χ1n) is 7.47. The molecule has 0 bridgehead atoms. The van der Waals surface area contributed by atoms with Crippen molar-refractivity contribution in [2.75, 3.05) is 11.3 Å². The van der Waals surface area contributed by atoms with E-state index in [0.717, 1.165) is 36.4 Å². The summed E-state index contributed by atoms with van der Waals surface area (Å²) in [5.41, 5.74) is -1.39. The van der Waals surface area contributed by atoms with Gasteiger partial charge in [-0.05, 0) is 42.5 Å². The van der Waals surface area contributed by atoms with Crippen LogP contribution in [0.3, 0.4) is 0 Å². The molecule has 0 unspecified atom stereocenters. The lowest BCUT2D eigenvalue weighted by molar-refractivity contribution is -0.137. The second-order valence-electron chi connectivity index (χ2n) is 5.60. The molecule has 0 aliphatic carbocycles. The van der Waals surface area contributed by atoms with Gasteiger partial charge in [-0.15, -0.1) is 0 Å². The van der Waals surface area contributed by atoms with E-state index in [4.69, 9.17) is 0 Å². The topological polar surface area (TPSA) is 92.3 Å². The van der Waals surface area contributed by atoms with Crippen molar-refractivity contribution in [3.63, 3.8) is 0 Å². The SMILES string of the molecule is O=S(=O)(NCC(F)(F)F)c1ccc(NS(=O)(=O)c2cccc(C(F)(F)F)c2)cc1. The zero-order valence-electron chi connectivity index (χ0n) is 14.0. The van der Waals surface area contributed by atoms with Crippen molar-refractivity contribution in [3.05, 3.63) is 54.1 Å². The highest BCUT2D eigenvalue weighted by Gasteiger charge is 2.32. The standard InChI is InChI=1S/C15H12F6N2O4S2/c16-14(17,18)9-22-28(24,25)12-6-4-11(5-7-12)23-29(26,27)13-3-1-2-10(8-13)15(19,20)21/h1-8,22-23H,9H2. The largest absolute Gasteiger partial charge is 0.416 e. The van der Waals surface area contributed by atoms with Crippen LogP contribution < -0.4 is 9.44 Å². The number of nitrogens with one attached hydrogen (secondary N) is 2. The molecule has 0 radical (unpaired) electrons. The van der Waals surface area contributed by atoms with Crippen molar-refractivity contribution in [1.29, 1.82) is 0 Å². The van der Waals surface area contributed by atoms with Gasteiger partial charge in [-0.25, -0.2) is 21.6 Å². The highest BCUT2D eigenvalue weighted by atomic mass is 32.2. The minimum Gasteiger partial charge on any atom is -0.280 e. The van der Waals surface area contributed by atoms with Gasteiger partial charge in [0.2, 0.25) is 10.0 Å². The lowest BCUT2D eigenvalue weighted by Crippen LogP contribution is -2.33. The van der Waals surface area contributed by atoms with E-state index >= 15 is 0 Å². The van der Waals surface area contributed by atoms with Crippen LogP contribution in [-0.2, 0) is 26.2 Å². The summed E-state index contributed by atoms with van der Waals surface area (Å²) < 4.78 is 126. The van der Waals surface area contributed by atoms with Gasteiger partial charge in [0, 0.05) is 5.69 Å². The molecule has 0 saturated heterocycles. The van der Waals surface area contributed by atoms with Crippen LogP contribution in [0.5, 0.6) is 0 Å². The van der Waals surface area contributed by atoms with E-state index in [1.54, 1.807) is 0 Å². The number of hydrogen-bond donors (Lipinski definition) is 2. The minimum absolute atomic E-state index is 0.211. The molecular weight excluding hydrogens is 450 g/mol. The summed E-state index contributed by atoms with van der Waals surface area (Å²) in [6.07, 6.45) is -9.53. The Kier molecular flexibility index (Phi) is 6.20. The predicted octanol–water partition coefficient (Wildman–Crippen LogP) is 3.35. The fourth-order valence-corrected chi connectivity index (χ4v) is 4.13. The molecule has 0 atom stereocenters. The molecule has 0 saturated carbocycles. The molecule has 6 nitrogen and oxygen atoms in total. The zero-order chi connectivity index (χ0) is 22.1. The Labute approximate surface area is 161 Å². The molecule has 29 heavy (non-hydrogen) atoms. The van der Waals surface area contributed by atoms with E-state index in [0.29, 0.717) is 12.1 Å². The van der Waals surface area contributed by atoms with E-state index in [1.165, 1.54) is 4.72 Å². The number of anilines is 1. The molecule has 14 heteroatoms. The Bertz CT molecular complexity index is 1080. The molecule has 0 aromatic heterocycles. The third-order valence-corrected chi connectivity index (χ3v) is 6.15. The monoisotopic (exact) mass is 462 g/mol. The van der Waals surface area contributed by atoms with Gasteiger partial charge in [0.25, 0.3) is 10.0 Å². The molecule has 2 aromatic rings. The summed E-state index contributed by atoms with van der Waals surface area (Å²) in [5, 5.41) is 0. The second kappa shape index (κ2) is 7.84. The molecular formula is C15H12F6N2O4S2. The van der Waals surface area contributed by atoms with E-state index in [1.807, 2.05) is 4.72 Å². The second-order valence-corrected chi connectivity index (χ2v) is 9.04. The summed E-state index contributed by atoms with van der Waals surface area (Å²) in [6.45, 7) is -1.79. The average molecular weight is 462 g/mol. The van der Waals surface area contributed by atoms with E-state index in [-0.39, 0.29) is 5.69 Å². The van der Waals surface area contributed by atoms with Crippen molar-refractivity contribution in [3.8, 4) is 0 Å². The quantitative estimate of drug-likeness (QED) is 0.645. The number of sulfonamides is 2. The van der Waals surface area contributed by atoms with Crippen LogP contribution in [0, 0.1) is 0 Å². The first-order chi connectivity index (χ1) is 13.1. The molecule has 2 rings (SSSR count). The first-order valence-corrected chi connectivity index (χ1v) is 10.4. The summed E-state index contributed by atoms with van der Waals surface area (Å²) in [5.74, 6) is 0. The third-order valence-electron chi connectivity index (χ3n) is 3.35. The third kappa shape index (κ3) is 6.33. The van der Waals surface area contributed by atoms with E-state index in [2.05, 4.69) is 0 Å². The van der Waals surface area contributed by atoms with Gasteiger partial charge in [0.15, 0.2) is 0 Å². The fraction of sp³-hybridized carbons (Fsp3) is 0.200. The molecule has 2 N–H and O–H groups in total. The molecule has 0 fully saturated rings. The van der Waals surface area contributed by atoms with Crippen LogP contribution in [0.15, 0.2) is 58.3 Å². The summed E-state index contributed by atoms with van der Waals surface area (Å²) in [6, 6.07) is 6.48. The highest BCUT2D eigenvalue weighted by molar-refractivity contribution is 7.92. The van der Waals surface area contributed by atoms with Gasteiger partial charge in [0.05, 0.1) is 15.4 Å². The van der Waals surface area contributed by atoms with Crippen LogP contribution >= 0.6 is 0 Å². The molecule has 0 spiro atoms. The highest BCUT2D eigenvalue weighted by Crippen LogP contribution is 2.31. The number of benzene rings is 2. The summed E-state index contributed by atoms with van der Waals surface area (Å²) in [7, 11) is -8.94. The van der Waals surface area contributed by atoms with Crippen LogP contribution in [0.25, 0.3) is 0 Å². The van der Waals surface area contributed by atoms with Gasteiger partial charge in [-0.2, -0.15) is 26.3 Å². The fourth-order valence-electron chi connectivity index (χ4n) is 2.02. The molecule has 2 aromatic carbocycles.